The molecule has 0 aliphatic carbocycles. The molecule has 0 radical (unpaired) electrons. The largest absolute Gasteiger partial charge is 0.352 e. The minimum atomic E-state index is 0.00334. The third kappa shape index (κ3) is 4.61. The first-order chi connectivity index (χ1) is 10.1. The quantitative estimate of drug-likeness (QED) is 0.819. The minimum absolute atomic E-state index is 0.00334. The topological polar surface area (TPSA) is 29.1 Å². The van der Waals surface area contributed by atoms with E-state index in [0.29, 0.717) is 6.54 Å². The Kier molecular flexibility index (Phi) is 5.40. The zero-order chi connectivity index (χ0) is 15.2. The van der Waals surface area contributed by atoms with Crippen molar-refractivity contribution in [1.29, 1.82) is 0 Å². The van der Waals surface area contributed by atoms with E-state index in [1.807, 2.05) is 56.3 Å². The van der Waals surface area contributed by atoms with Crippen molar-refractivity contribution in [1.82, 2.24) is 5.32 Å². The van der Waals surface area contributed by atoms with Crippen molar-refractivity contribution in [2.24, 2.45) is 0 Å². The van der Waals surface area contributed by atoms with Gasteiger partial charge in [0.25, 0.3) is 5.91 Å². The highest BCUT2D eigenvalue weighted by Crippen LogP contribution is 2.12. The van der Waals surface area contributed by atoms with Crippen LogP contribution in [0.5, 0.6) is 0 Å². The molecule has 0 bridgehead atoms. The fourth-order valence-electron chi connectivity index (χ4n) is 2.31. The highest BCUT2D eigenvalue weighted by Gasteiger charge is 2.07. The number of rotatable bonds is 5. The molecule has 0 aliphatic heterocycles. The number of aryl methyl sites for hydroxylation is 3. The maximum atomic E-state index is 12.1. The summed E-state index contributed by atoms with van der Waals surface area (Å²) in [5, 5.41) is 3.73. The van der Waals surface area contributed by atoms with Crippen molar-refractivity contribution < 1.29 is 4.79 Å². The van der Waals surface area contributed by atoms with E-state index in [-0.39, 0.29) is 5.91 Å². The number of benzene rings is 2. The molecular weight excluding hydrogens is 282 g/mol. The van der Waals surface area contributed by atoms with Crippen LogP contribution in [0.3, 0.4) is 0 Å². The molecule has 0 fully saturated rings. The normalized spacial score (nSPS) is 10.4. The average molecular weight is 302 g/mol. The van der Waals surface area contributed by atoms with Crippen LogP contribution < -0.4 is 5.32 Å². The second-order valence-corrected chi connectivity index (χ2v) is 5.74. The first-order valence-electron chi connectivity index (χ1n) is 7.16. The highest BCUT2D eigenvalue weighted by molar-refractivity contribution is 6.30. The van der Waals surface area contributed by atoms with Gasteiger partial charge in [0.15, 0.2) is 0 Å². The van der Waals surface area contributed by atoms with Gasteiger partial charge in [0, 0.05) is 17.1 Å². The lowest BCUT2D eigenvalue weighted by molar-refractivity contribution is 0.0952. The molecule has 2 rings (SSSR count). The van der Waals surface area contributed by atoms with Crippen LogP contribution in [-0.2, 0) is 6.42 Å². The standard InChI is InChI=1S/C18H20ClNO/c1-13-5-10-17(14(2)12-13)18(21)20-11-3-4-15-6-8-16(19)9-7-15/h5-10,12H,3-4,11H2,1-2H3,(H,20,21). The molecule has 0 aromatic heterocycles. The summed E-state index contributed by atoms with van der Waals surface area (Å²) >= 11 is 5.85. The fraction of sp³-hybridized carbons (Fsp3) is 0.278. The van der Waals surface area contributed by atoms with Gasteiger partial charge in [-0.3, -0.25) is 4.79 Å². The van der Waals surface area contributed by atoms with Crippen molar-refractivity contribution in [2.75, 3.05) is 6.54 Å². The van der Waals surface area contributed by atoms with Gasteiger partial charge in [-0.25, -0.2) is 0 Å². The van der Waals surface area contributed by atoms with Crippen LogP contribution in [0.25, 0.3) is 0 Å². The number of nitrogens with one attached hydrogen (secondary N) is 1. The van der Waals surface area contributed by atoms with E-state index in [4.69, 9.17) is 11.6 Å². The van der Waals surface area contributed by atoms with Gasteiger partial charge in [-0.2, -0.15) is 0 Å². The lowest BCUT2D eigenvalue weighted by Crippen LogP contribution is -2.25. The van der Waals surface area contributed by atoms with Gasteiger partial charge in [0.2, 0.25) is 0 Å². The molecule has 0 atom stereocenters. The predicted molar refractivity (Wildman–Crippen MR) is 88.0 cm³/mol. The lowest BCUT2D eigenvalue weighted by Gasteiger charge is -2.08. The van der Waals surface area contributed by atoms with Crippen LogP contribution in [0.1, 0.15) is 33.5 Å². The van der Waals surface area contributed by atoms with E-state index >= 15 is 0 Å². The molecule has 110 valence electrons. The SMILES string of the molecule is Cc1ccc(C(=O)NCCCc2ccc(Cl)cc2)c(C)c1. The second-order valence-electron chi connectivity index (χ2n) is 5.30. The summed E-state index contributed by atoms with van der Waals surface area (Å²) in [6, 6.07) is 13.7. The molecule has 21 heavy (non-hydrogen) atoms. The summed E-state index contributed by atoms with van der Waals surface area (Å²) in [6.45, 7) is 4.67. The van der Waals surface area contributed by atoms with Crippen LogP contribution >= 0.6 is 11.6 Å². The Morgan fingerprint density at radius 1 is 1.10 bits per heavy atom. The molecule has 0 spiro atoms. The molecule has 2 aromatic rings. The Morgan fingerprint density at radius 2 is 1.81 bits per heavy atom. The van der Waals surface area contributed by atoms with Crippen molar-refractivity contribution in [3.05, 3.63) is 69.7 Å². The molecule has 3 heteroatoms. The number of carbonyl (C=O) groups excluding carboxylic acids is 1. The summed E-state index contributed by atoms with van der Waals surface area (Å²) in [5.74, 6) is 0.00334. The molecule has 0 saturated carbocycles. The number of halogens is 1. The van der Waals surface area contributed by atoms with Gasteiger partial charge >= 0.3 is 0 Å². The van der Waals surface area contributed by atoms with Crippen molar-refractivity contribution in [2.45, 2.75) is 26.7 Å². The van der Waals surface area contributed by atoms with Crippen molar-refractivity contribution >= 4 is 17.5 Å². The molecule has 0 aliphatic rings. The Balaban J connectivity index is 1.80. The van der Waals surface area contributed by atoms with Gasteiger partial charge < -0.3 is 5.32 Å². The van der Waals surface area contributed by atoms with Gasteiger partial charge in [-0.1, -0.05) is 41.4 Å². The highest BCUT2D eigenvalue weighted by atomic mass is 35.5. The van der Waals surface area contributed by atoms with Crippen LogP contribution in [0, 0.1) is 13.8 Å². The Hall–Kier alpha value is -1.80. The predicted octanol–water partition coefficient (Wildman–Crippen LogP) is 4.32. The summed E-state index contributed by atoms with van der Waals surface area (Å²) in [7, 11) is 0. The van der Waals surface area contributed by atoms with Gasteiger partial charge in [-0.15, -0.1) is 0 Å². The van der Waals surface area contributed by atoms with E-state index < -0.39 is 0 Å². The molecular formula is C18H20ClNO. The maximum Gasteiger partial charge on any atom is 0.251 e. The Morgan fingerprint density at radius 3 is 2.48 bits per heavy atom. The zero-order valence-corrected chi connectivity index (χ0v) is 13.2. The van der Waals surface area contributed by atoms with E-state index in [0.717, 1.165) is 29.0 Å². The first-order valence-corrected chi connectivity index (χ1v) is 7.54. The van der Waals surface area contributed by atoms with Gasteiger partial charge in [0.05, 0.1) is 0 Å². The van der Waals surface area contributed by atoms with Gasteiger partial charge in [-0.05, 0) is 56.0 Å². The third-order valence-corrected chi connectivity index (χ3v) is 3.72. The maximum absolute atomic E-state index is 12.1. The summed E-state index contributed by atoms with van der Waals surface area (Å²) in [4.78, 5) is 12.1. The minimum Gasteiger partial charge on any atom is -0.352 e. The smallest absolute Gasteiger partial charge is 0.251 e. The van der Waals surface area contributed by atoms with Crippen molar-refractivity contribution in [3.63, 3.8) is 0 Å². The van der Waals surface area contributed by atoms with Crippen LogP contribution in [0.4, 0.5) is 0 Å². The first kappa shape index (κ1) is 15.6. The van der Waals surface area contributed by atoms with Crippen LogP contribution in [-0.4, -0.2) is 12.5 Å². The molecule has 2 nitrogen and oxygen atoms in total. The number of carbonyl (C=O) groups is 1. The Bertz CT molecular complexity index is 620. The summed E-state index contributed by atoms with van der Waals surface area (Å²) < 4.78 is 0. The van der Waals surface area contributed by atoms with E-state index in [2.05, 4.69) is 5.32 Å². The molecule has 0 saturated heterocycles. The molecule has 1 amide bonds. The van der Waals surface area contributed by atoms with Crippen LogP contribution in [0.15, 0.2) is 42.5 Å². The monoisotopic (exact) mass is 301 g/mol. The number of hydrogen-bond donors (Lipinski definition) is 1. The van der Waals surface area contributed by atoms with E-state index in [9.17, 15) is 4.79 Å². The van der Waals surface area contributed by atoms with E-state index in [1.165, 1.54) is 11.1 Å². The molecule has 0 unspecified atom stereocenters. The summed E-state index contributed by atoms with van der Waals surface area (Å²) in [5.41, 5.74) is 4.18. The zero-order valence-electron chi connectivity index (χ0n) is 12.4. The van der Waals surface area contributed by atoms with Gasteiger partial charge in [0.1, 0.15) is 0 Å². The Labute approximate surface area is 131 Å². The fourth-order valence-corrected chi connectivity index (χ4v) is 2.44. The molecule has 0 heterocycles. The van der Waals surface area contributed by atoms with Crippen molar-refractivity contribution in [3.8, 4) is 0 Å². The molecule has 1 N–H and O–H groups in total. The average Bonchev–Trinajstić information content (AvgIpc) is 2.45. The number of amides is 1. The van der Waals surface area contributed by atoms with Crippen LogP contribution in [0.2, 0.25) is 5.02 Å². The van der Waals surface area contributed by atoms with E-state index in [1.54, 1.807) is 0 Å². The summed E-state index contributed by atoms with van der Waals surface area (Å²) in [6.07, 6.45) is 1.85. The number of hydrogen-bond acceptors (Lipinski definition) is 1. The third-order valence-electron chi connectivity index (χ3n) is 3.47. The lowest BCUT2D eigenvalue weighted by atomic mass is 10.1. The molecule has 2 aromatic carbocycles. The second kappa shape index (κ2) is 7.28.